The second-order valence-electron chi connectivity index (χ2n) is 9.29. The summed E-state index contributed by atoms with van der Waals surface area (Å²) in [6.07, 6.45) is -4.74. The van der Waals surface area contributed by atoms with Gasteiger partial charge in [-0.1, -0.05) is 38.4 Å². The Balaban J connectivity index is 2.06. The van der Waals surface area contributed by atoms with Gasteiger partial charge in [0.25, 0.3) is 5.69 Å². The number of carbonyl (C=O) groups is 2. The van der Waals surface area contributed by atoms with Crippen LogP contribution in [0.25, 0.3) is 0 Å². The van der Waals surface area contributed by atoms with Gasteiger partial charge >= 0.3 is 6.18 Å². The predicted molar refractivity (Wildman–Crippen MR) is 135 cm³/mol. The fourth-order valence-electron chi connectivity index (χ4n) is 3.27. The van der Waals surface area contributed by atoms with Gasteiger partial charge in [-0.3, -0.25) is 24.6 Å². The lowest BCUT2D eigenvalue weighted by Gasteiger charge is -2.38. The van der Waals surface area contributed by atoms with Crippen molar-refractivity contribution in [1.82, 2.24) is 4.90 Å². The van der Waals surface area contributed by atoms with E-state index >= 15 is 0 Å². The molecule has 0 spiro atoms. The van der Waals surface area contributed by atoms with E-state index in [1.54, 1.807) is 20.8 Å². The number of ketones is 1. The number of rotatable bonds is 8. The Hall–Kier alpha value is -3.51. The van der Waals surface area contributed by atoms with E-state index in [9.17, 15) is 32.9 Å². The Morgan fingerprint density at radius 2 is 1.82 bits per heavy atom. The largest absolute Gasteiger partial charge is 0.477 e. The van der Waals surface area contributed by atoms with Gasteiger partial charge < -0.3 is 9.47 Å². The molecule has 1 aliphatic rings. The molecular weight excluding hydrogens is 549 g/mol. The first-order valence-electron chi connectivity index (χ1n) is 11.1. The van der Waals surface area contributed by atoms with Gasteiger partial charge in [0.1, 0.15) is 23.6 Å². The van der Waals surface area contributed by atoms with E-state index in [1.165, 1.54) is 30.3 Å². The lowest BCUT2D eigenvalue weighted by molar-refractivity contribution is -0.384. The van der Waals surface area contributed by atoms with Crippen molar-refractivity contribution in [2.45, 2.75) is 45.5 Å². The van der Waals surface area contributed by atoms with Crippen molar-refractivity contribution in [3.63, 3.8) is 0 Å². The predicted octanol–water partition coefficient (Wildman–Crippen LogP) is 6.16. The Kier molecular flexibility index (Phi) is 8.47. The number of hydrogen-bond acceptors (Lipinski definition) is 7. The number of hydrogen-bond donors (Lipinski definition) is 0. The highest BCUT2D eigenvalue weighted by Crippen LogP contribution is 2.36. The molecule has 0 saturated carbocycles. The van der Waals surface area contributed by atoms with Crippen LogP contribution < -0.4 is 4.74 Å². The summed E-state index contributed by atoms with van der Waals surface area (Å²) in [6.45, 7) is 4.47. The number of carbonyl (C=O) groups excluding carboxylic acids is 2. The van der Waals surface area contributed by atoms with Crippen LogP contribution in [0, 0.1) is 15.5 Å². The molecule has 1 heterocycles. The van der Waals surface area contributed by atoms with Crippen molar-refractivity contribution in [3.05, 3.63) is 81.2 Å². The molecule has 0 N–H and O–H groups in total. The van der Waals surface area contributed by atoms with Crippen LogP contribution in [0.1, 0.15) is 38.3 Å². The zero-order chi connectivity index (χ0) is 28.4. The molecule has 38 heavy (non-hydrogen) atoms. The summed E-state index contributed by atoms with van der Waals surface area (Å²) in [4.78, 5) is 37.3. The van der Waals surface area contributed by atoms with E-state index in [0.717, 1.165) is 17.0 Å². The number of Topliss-reactive ketones (excluding diaryl/α,β-unsaturated/α-hetero) is 1. The van der Waals surface area contributed by atoms with E-state index in [2.05, 4.69) is 0 Å². The number of alkyl halides is 4. The molecular formula is C25H22ClF3N2O6S. The van der Waals surface area contributed by atoms with Crippen molar-refractivity contribution in [3.8, 4) is 5.75 Å². The number of nitro groups is 1. The van der Waals surface area contributed by atoms with Gasteiger partial charge in [-0.2, -0.15) is 13.2 Å². The number of thiocarbonyl (C=S) groups is 1. The van der Waals surface area contributed by atoms with E-state index in [1.807, 2.05) is 0 Å². The fourth-order valence-corrected chi connectivity index (χ4v) is 3.86. The topological polar surface area (TPSA) is 99.0 Å². The second-order valence-corrected chi connectivity index (χ2v) is 10.2. The Bertz CT molecular complexity index is 1310. The molecule has 13 heteroatoms. The fraction of sp³-hybridized carbons (Fsp3) is 0.320. The molecule has 0 bridgehead atoms. The standard InChI is InChI=1S/C25H22ClF3N2O6S/c1-24(2,3)22(33)21(37-17-6-4-5-15(11-17)25(27,28)29)20(30-18(26)12-19(30)32)23(38)36-13-14-7-9-16(10-8-14)31(34)35/h4-11,18H,12-13H2,1-3H3. The Morgan fingerprint density at radius 3 is 2.32 bits per heavy atom. The first-order valence-corrected chi connectivity index (χ1v) is 11.9. The van der Waals surface area contributed by atoms with Crippen molar-refractivity contribution >= 4 is 46.2 Å². The van der Waals surface area contributed by atoms with Crippen LogP contribution in [0.2, 0.25) is 0 Å². The van der Waals surface area contributed by atoms with Gasteiger partial charge in [0, 0.05) is 17.5 Å². The zero-order valence-electron chi connectivity index (χ0n) is 20.4. The van der Waals surface area contributed by atoms with E-state index < -0.39 is 45.0 Å². The molecule has 2 aromatic rings. The van der Waals surface area contributed by atoms with Crippen LogP contribution >= 0.6 is 23.8 Å². The zero-order valence-corrected chi connectivity index (χ0v) is 21.9. The first-order chi connectivity index (χ1) is 17.6. The molecule has 1 atom stereocenters. The second kappa shape index (κ2) is 11.1. The molecule has 0 radical (unpaired) electrons. The highest BCUT2D eigenvalue weighted by Gasteiger charge is 2.44. The molecule has 202 valence electrons. The maximum Gasteiger partial charge on any atom is 0.416 e. The van der Waals surface area contributed by atoms with E-state index in [0.29, 0.717) is 11.6 Å². The molecule has 1 saturated heterocycles. The molecule has 1 amide bonds. The quantitative estimate of drug-likeness (QED) is 0.0548. The summed E-state index contributed by atoms with van der Waals surface area (Å²) in [5.74, 6) is -2.01. The summed E-state index contributed by atoms with van der Waals surface area (Å²) in [6, 6.07) is 9.28. The van der Waals surface area contributed by atoms with Crippen molar-refractivity contribution in [1.29, 1.82) is 0 Å². The summed E-state index contributed by atoms with van der Waals surface area (Å²) < 4.78 is 51.2. The summed E-state index contributed by atoms with van der Waals surface area (Å²) in [5, 5.41) is 10.5. The molecule has 8 nitrogen and oxygen atoms in total. The van der Waals surface area contributed by atoms with Crippen molar-refractivity contribution < 1.29 is 37.2 Å². The van der Waals surface area contributed by atoms with Crippen LogP contribution in [0.4, 0.5) is 18.9 Å². The summed E-state index contributed by atoms with van der Waals surface area (Å²) >= 11 is 11.6. The molecule has 0 aliphatic carbocycles. The minimum Gasteiger partial charge on any atom is -0.477 e. The van der Waals surface area contributed by atoms with Crippen LogP contribution in [0.15, 0.2) is 60.0 Å². The lowest BCUT2D eigenvalue weighted by atomic mass is 9.88. The van der Waals surface area contributed by atoms with Gasteiger partial charge in [-0.15, -0.1) is 0 Å². The molecule has 0 aromatic heterocycles. The molecule has 2 aromatic carbocycles. The maximum atomic E-state index is 13.5. The van der Waals surface area contributed by atoms with Crippen LogP contribution in [0.5, 0.6) is 5.75 Å². The number of β-lactam (4-membered cyclic amide) rings is 1. The van der Waals surface area contributed by atoms with Crippen molar-refractivity contribution in [2.24, 2.45) is 5.41 Å². The van der Waals surface area contributed by atoms with Crippen LogP contribution in [0.3, 0.4) is 0 Å². The number of nitro benzene ring substituents is 1. The van der Waals surface area contributed by atoms with Crippen molar-refractivity contribution in [2.75, 3.05) is 0 Å². The normalized spacial score (nSPS) is 16.3. The number of likely N-dealkylation sites (tertiary alicyclic amines) is 1. The monoisotopic (exact) mass is 570 g/mol. The van der Waals surface area contributed by atoms with Gasteiger partial charge in [-0.25, -0.2) is 0 Å². The number of halogens is 4. The van der Waals surface area contributed by atoms with Gasteiger partial charge in [0.2, 0.25) is 16.7 Å². The average Bonchev–Trinajstić information content (AvgIpc) is 2.83. The highest BCUT2D eigenvalue weighted by atomic mass is 35.5. The summed E-state index contributed by atoms with van der Waals surface area (Å²) in [5.41, 5.74) is -2.97. The smallest absolute Gasteiger partial charge is 0.416 e. The van der Waals surface area contributed by atoms with Gasteiger partial charge in [0.15, 0.2) is 5.76 Å². The Morgan fingerprint density at radius 1 is 1.18 bits per heavy atom. The SMILES string of the molecule is CC(C)(C)C(=O)C(Oc1cccc(C(F)(F)F)c1)=C(C(=S)OCc1ccc([N+](=O)[O-])cc1)N1C(=O)CC1Cl. The Labute approximate surface area is 226 Å². The van der Waals surface area contributed by atoms with Gasteiger partial charge in [-0.05, 0) is 48.1 Å². The minimum absolute atomic E-state index is 0.0728. The van der Waals surface area contributed by atoms with Gasteiger partial charge in [0.05, 0.1) is 16.9 Å². The maximum absolute atomic E-state index is 13.5. The third kappa shape index (κ3) is 6.67. The number of amides is 1. The number of ether oxygens (including phenoxy) is 2. The molecule has 3 rings (SSSR count). The minimum atomic E-state index is -4.67. The van der Waals surface area contributed by atoms with Crippen LogP contribution in [-0.2, 0) is 27.1 Å². The number of allylic oxidation sites excluding steroid dienone is 1. The van der Waals surface area contributed by atoms with Crippen LogP contribution in [-0.4, -0.2) is 32.1 Å². The number of benzene rings is 2. The number of non-ortho nitro benzene ring substituents is 1. The average molecular weight is 571 g/mol. The molecule has 1 fully saturated rings. The third-order valence-electron chi connectivity index (χ3n) is 5.33. The molecule has 1 unspecified atom stereocenters. The number of nitrogens with zero attached hydrogens (tertiary/aromatic N) is 2. The molecule has 1 aliphatic heterocycles. The van der Waals surface area contributed by atoms with E-state index in [4.69, 9.17) is 33.3 Å². The van der Waals surface area contributed by atoms with E-state index in [-0.39, 0.29) is 35.2 Å². The lowest BCUT2D eigenvalue weighted by Crippen LogP contribution is -2.51. The summed E-state index contributed by atoms with van der Waals surface area (Å²) in [7, 11) is 0. The third-order valence-corrected chi connectivity index (χ3v) is 5.99. The first kappa shape index (κ1) is 29.1. The highest BCUT2D eigenvalue weighted by molar-refractivity contribution is 7.80.